The van der Waals surface area contributed by atoms with E-state index < -0.39 is 0 Å². The van der Waals surface area contributed by atoms with E-state index >= 15 is 0 Å². The molecule has 1 heterocycles. The number of carbonyl (C=O) groups excluding carboxylic acids is 1. The van der Waals surface area contributed by atoms with E-state index in [-0.39, 0.29) is 18.1 Å². The summed E-state index contributed by atoms with van der Waals surface area (Å²) >= 11 is 0. The van der Waals surface area contributed by atoms with Gasteiger partial charge in [0, 0.05) is 6.54 Å². The smallest absolute Gasteiger partial charge is 0.315 e. The first-order valence-electron chi connectivity index (χ1n) is 6.49. The van der Waals surface area contributed by atoms with Gasteiger partial charge in [-0.25, -0.2) is 4.79 Å². The highest BCUT2D eigenvalue weighted by atomic mass is 16.2. The number of hydrogen-bond acceptors (Lipinski definition) is 3. The van der Waals surface area contributed by atoms with Crippen LogP contribution >= 0.6 is 0 Å². The van der Waals surface area contributed by atoms with Crippen molar-refractivity contribution >= 4 is 11.9 Å². The highest BCUT2D eigenvalue weighted by Gasteiger charge is 2.25. The molecule has 0 saturated carbocycles. The molecule has 0 spiro atoms. The monoisotopic (exact) mass is 248 g/mol. The van der Waals surface area contributed by atoms with E-state index in [1.165, 1.54) is 0 Å². The Kier molecular flexibility index (Phi) is 4.39. The molecule has 0 aromatic heterocycles. The maximum atomic E-state index is 11.5. The lowest BCUT2D eigenvalue weighted by Crippen LogP contribution is -2.43. The summed E-state index contributed by atoms with van der Waals surface area (Å²) in [6.45, 7) is 3.27. The Bertz CT molecular complexity index is 386. The molecule has 18 heavy (non-hydrogen) atoms. The predicted octanol–water partition coefficient (Wildman–Crippen LogP) is 0.951. The third kappa shape index (κ3) is 3.35. The minimum Gasteiger partial charge on any atom is -0.364 e. The number of nitrogens with zero attached hydrogens (tertiary/aromatic N) is 1. The van der Waals surface area contributed by atoms with E-state index in [4.69, 9.17) is 0 Å². The van der Waals surface area contributed by atoms with E-state index in [0.717, 1.165) is 25.2 Å². The summed E-state index contributed by atoms with van der Waals surface area (Å²) in [5, 5.41) is 8.90. The zero-order valence-corrected chi connectivity index (χ0v) is 10.6. The zero-order valence-electron chi connectivity index (χ0n) is 10.6. The summed E-state index contributed by atoms with van der Waals surface area (Å²) in [4.78, 5) is 16.0. The molecule has 0 radical (unpaired) electrons. The Morgan fingerprint density at radius 3 is 3.00 bits per heavy atom. The lowest BCUT2D eigenvalue weighted by Gasteiger charge is -2.13. The number of carbonyl (C=O) groups is 1. The van der Waals surface area contributed by atoms with Gasteiger partial charge < -0.3 is 16.0 Å². The summed E-state index contributed by atoms with van der Waals surface area (Å²) in [7, 11) is 0. The molecular weight excluding hydrogens is 228 g/mol. The minimum atomic E-state index is -0.131. The number of rotatable bonds is 5. The number of urea groups is 1. The van der Waals surface area contributed by atoms with Gasteiger partial charge in [-0.3, -0.25) is 4.99 Å². The van der Waals surface area contributed by atoms with Gasteiger partial charge in [-0.2, -0.15) is 0 Å². The van der Waals surface area contributed by atoms with Gasteiger partial charge in [0.05, 0.1) is 18.6 Å². The topological polar surface area (TPSA) is 65.5 Å². The number of fused-ring (bicyclic) bond motifs is 1. The van der Waals surface area contributed by atoms with Crippen LogP contribution in [0.25, 0.3) is 0 Å². The summed E-state index contributed by atoms with van der Waals surface area (Å²) in [6.07, 6.45) is 10.2. The van der Waals surface area contributed by atoms with Crippen molar-refractivity contribution < 1.29 is 4.79 Å². The van der Waals surface area contributed by atoms with Gasteiger partial charge in [0.25, 0.3) is 0 Å². The van der Waals surface area contributed by atoms with Crippen molar-refractivity contribution in [1.82, 2.24) is 16.0 Å². The molecule has 2 atom stereocenters. The molecule has 1 aliphatic heterocycles. The fraction of sp³-hybridized carbons (Fsp3) is 0.538. The van der Waals surface area contributed by atoms with Crippen LogP contribution in [0, 0.1) is 0 Å². The average Bonchev–Trinajstić information content (AvgIpc) is 2.79. The van der Waals surface area contributed by atoms with Crippen molar-refractivity contribution in [3.8, 4) is 0 Å². The van der Waals surface area contributed by atoms with Crippen LogP contribution < -0.4 is 16.0 Å². The van der Waals surface area contributed by atoms with Crippen LogP contribution in [0.1, 0.15) is 19.8 Å². The molecule has 0 fully saturated rings. The van der Waals surface area contributed by atoms with Crippen molar-refractivity contribution in [1.29, 1.82) is 0 Å². The molecule has 5 nitrogen and oxygen atoms in total. The van der Waals surface area contributed by atoms with Gasteiger partial charge in [-0.15, -0.1) is 0 Å². The van der Waals surface area contributed by atoms with Crippen LogP contribution in [0.5, 0.6) is 0 Å². The number of allylic oxidation sites excluding steroid dienone is 2. The second-order valence-electron chi connectivity index (χ2n) is 4.47. The standard InChI is InChI=1S/C13H20N4O/c1-2-3-8-14-13(18)15-9-12-16-10-6-4-5-7-11(10)17-12/h4-7,10-11H,2-3,8-9H2,1H3,(H,16,17)(H2,14,15,18)/t10-,11-/m0/s1. The quantitative estimate of drug-likeness (QED) is 0.634. The minimum absolute atomic E-state index is 0.131. The zero-order chi connectivity index (χ0) is 12.8. The van der Waals surface area contributed by atoms with Crippen molar-refractivity contribution in [2.24, 2.45) is 4.99 Å². The maximum Gasteiger partial charge on any atom is 0.315 e. The van der Waals surface area contributed by atoms with Crippen molar-refractivity contribution in [2.75, 3.05) is 13.1 Å². The van der Waals surface area contributed by atoms with Crippen molar-refractivity contribution in [2.45, 2.75) is 31.8 Å². The first kappa shape index (κ1) is 12.7. The molecule has 2 amide bonds. The Hall–Kier alpha value is -1.78. The molecule has 2 rings (SSSR count). The maximum absolute atomic E-state index is 11.5. The molecular formula is C13H20N4O. The van der Waals surface area contributed by atoms with E-state index in [0.29, 0.717) is 6.54 Å². The second kappa shape index (κ2) is 6.23. The number of amidine groups is 1. The summed E-state index contributed by atoms with van der Waals surface area (Å²) in [5.41, 5.74) is 0. The molecule has 2 aliphatic rings. The van der Waals surface area contributed by atoms with Crippen LogP contribution in [0.4, 0.5) is 4.79 Å². The lowest BCUT2D eigenvalue weighted by molar-refractivity contribution is 0.242. The van der Waals surface area contributed by atoms with Gasteiger partial charge in [-0.05, 0) is 6.42 Å². The van der Waals surface area contributed by atoms with E-state index in [1.54, 1.807) is 0 Å². The molecule has 1 aliphatic carbocycles. The number of hydrogen-bond donors (Lipinski definition) is 3. The van der Waals surface area contributed by atoms with E-state index in [1.807, 2.05) is 12.2 Å². The van der Waals surface area contributed by atoms with Gasteiger partial charge in [0.15, 0.2) is 0 Å². The summed E-state index contributed by atoms with van der Waals surface area (Å²) < 4.78 is 0. The first-order valence-corrected chi connectivity index (χ1v) is 6.49. The van der Waals surface area contributed by atoms with Crippen LogP contribution in [0.2, 0.25) is 0 Å². The lowest BCUT2D eigenvalue weighted by atomic mass is 10.1. The Labute approximate surface area is 107 Å². The fourth-order valence-corrected chi connectivity index (χ4v) is 1.96. The predicted molar refractivity (Wildman–Crippen MR) is 72.7 cm³/mol. The van der Waals surface area contributed by atoms with E-state index in [2.05, 4.69) is 40.0 Å². The van der Waals surface area contributed by atoms with Gasteiger partial charge >= 0.3 is 6.03 Å². The first-order chi connectivity index (χ1) is 8.79. The Balaban J connectivity index is 1.70. The molecule has 0 aromatic rings. The van der Waals surface area contributed by atoms with Gasteiger partial charge in [-0.1, -0.05) is 37.6 Å². The van der Waals surface area contributed by atoms with Crippen molar-refractivity contribution in [3.05, 3.63) is 24.3 Å². The summed E-state index contributed by atoms with van der Waals surface area (Å²) in [5.74, 6) is 0.840. The molecule has 5 heteroatoms. The highest BCUT2D eigenvalue weighted by molar-refractivity contribution is 5.90. The van der Waals surface area contributed by atoms with Crippen LogP contribution in [0.3, 0.4) is 0 Å². The van der Waals surface area contributed by atoms with Crippen molar-refractivity contribution in [3.63, 3.8) is 0 Å². The number of amides is 2. The summed E-state index contributed by atoms with van der Waals surface area (Å²) in [6, 6.07) is 0.291. The fourth-order valence-electron chi connectivity index (χ4n) is 1.96. The van der Waals surface area contributed by atoms with Gasteiger partial charge in [0.1, 0.15) is 5.84 Å². The normalized spacial score (nSPS) is 24.2. The Morgan fingerprint density at radius 1 is 1.39 bits per heavy atom. The third-order valence-electron chi connectivity index (χ3n) is 2.98. The average molecular weight is 248 g/mol. The molecule has 3 N–H and O–H groups in total. The Morgan fingerprint density at radius 2 is 2.22 bits per heavy atom. The van der Waals surface area contributed by atoms with Crippen LogP contribution in [-0.4, -0.2) is 37.0 Å². The second-order valence-corrected chi connectivity index (χ2v) is 4.47. The molecule has 0 unspecified atom stereocenters. The van der Waals surface area contributed by atoms with Gasteiger partial charge in [0.2, 0.25) is 0 Å². The van der Waals surface area contributed by atoms with E-state index in [9.17, 15) is 4.79 Å². The molecule has 98 valence electrons. The molecule has 0 saturated heterocycles. The number of unbranched alkanes of at least 4 members (excludes halogenated alkanes) is 1. The van der Waals surface area contributed by atoms with Crippen LogP contribution in [0.15, 0.2) is 29.3 Å². The third-order valence-corrected chi connectivity index (χ3v) is 2.98. The highest BCUT2D eigenvalue weighted by Crippen LogP contribution is 2.13. The van der Waals surface area contributed by atoms with Crippen LogP contribution in [-0.2, 0) is 0 Å². The molecule has 0 bridgehead atoms. The number of aliphatic imine (C=N–C) groups is 1. The molecule has 0 aromatic carbocycles. The SMILES string of the molecule is CCCCNC(=O)NCC1=N[C@H]2C=CC=C[C@@H]2N1. The largest absolute Gasteiger partial charge is 0.364 e. The number of nitrogens with one attached hydrogen (secondary N) is 3.